The number of thioether (sulfide) groups is 1. The van der Waals surface area contributed by atoms with Crippen molar-refractivity contribution in [1.29, 1.82) is 0 Å². The largest absolute Gasteiger partial charge is 0.323 e. The van der Waals surface area contributed by atoms with Gasteiger partial charge in [0, 0.05) is 16.7 Å². The first-order chi connectivity index (χ1) is 10.0. The predicted octanol–water partition coefficient (Wildman–Crippen LogP) is 4.82. The van der Waals surface area contributed by atoms with Crippen molar-refractivity contribution in [2.24, 2.45) is 11.7 Å². The molecule has 0 amide bonds. The van der Waals surface area contributed by atoms with Gasteiger partial charge in [-0.2, -0.15) is 0 Å². The minimum atomic E-state index is -0.204. The van der Waals surface area contributed by atoms with Gasteiger partial charge in [0.1, 0.15) is 5.82 Å². The Balaban J connectivity index is 1.96. The van der Waals surface area contributed by atoms with E-state index >= 15 is 0 Å². The molecule has 2 aromatic rings. The first kappa shape index (κ1) is 16.1. The maximum absolute atomic E-state index is 12.9. The van der Waals surface area contributed by atoms with Gasteiger partial charge in [-0.15, -0.1) is 11.8 Å². The monoisotopic (exact) mass is 303 g/mol. The van der Waals surface area contributed by atoms with Crippen molar-refractivity contribution in [2.75, 3.05) is 5.75 Å². The van der Waals surface area contributed by atoms with Crippen molar-refractivity contribution in [3.8, 4) is 0 Å². The second-order valence-electron chi connectivity index (χ2n) is 5.71. The molecule has 0 spiro atoms. The lowest BCUT2D eigenvalue weighted by molar-refractivity contribution is 0.626. The zero-order valence-electron chi connectivity index (χ0n) is 12.6. The normalized spacial score (nSPS) is 12.6. The van der Waals surface area contributed by atoms with E-state index < -0.39 is 0 Å². The molecular weight excluding hydrogens is 281 g/mol. The van der Waals surface area contributed by atoms with E-state index in [4.69, 9.17) is 5.73 Å². The van der Waals surface area contributed by atoms with E-state index in [1.807, 2.05) is 0 Å². The zero-order chi connectivity index (χ0) is 15.2. The van der Waals surface area contributed by atoms with Crippen molar-refractivity contribution in [1.82, 2.24) is 0 Å². The van der Waals surface area contributed by atoms with Crippen molar-refractivity contribution >= 4 is 11.8 Å². The molecule has 0 aromatic heterocycles. The van der Waals surface area contributed by atoms with E-state index in [1.165, 1.54) is 23.3 Å². The van der Waals surface area contributed by atoms with Crippen LogP contribution in [0.4, 0.5) is 4.39 Å². The summed E-state index contributed by atoms with van der Waals surface area (Å²) in [4.78, 5) is 1.05. The molecular formula is C18H22FNS. The summed E-state index contributed by atoms with van der Waals surface area (Å²) in [6.45, 7) is 4.44. The summed E-state index contributed by atoms with van der Waals surface area (Å²) in [5.74, 6) is 1.23. The van der Waals surface area contributed by atoms with Crippen LogP contribution < -0.4 is 5.73 Å². The molecule has 0 saturated heterocycles. The van der Waals surface area contributed by atoms with E-state index in [-0.39, 0.29) is 11.9 Å². The summed E-state index contributed by atoms with van der Waals surface area (Å²) >= 11 is 1.66. The highest BCUT2D eigenvalue weighted by Gasteiger charge is 2.08. The summed E-state index contributed by atoms with van der Waals surface area (Å²) in [6, 6.07) is 15.1. The Hall–Kier alpha value is -1.32. The molecule has 2 N–H and O–H groups in total. The van der Waals surface area contributed by atoms with Gasteiger partial charge in [0.25, 0.3) is 0 Å². The lowest BCUT2D eigenvalue weighted by atomic mass is 9.99. The first-order valence-corrected chi connectivity index (χ1v) is 8.26. The van der Waals surface area contributed by atoms with Crippen LogP contribution in [0.25, 0.3) is 0 Å². The van der Waals surface area contributed by atoms with Gasteiger partial charge >= 0.3 is 0 Å². The van der Waals surface area contributed by atoms with E-state index in [2.05, 4.69) is 38.1 Å². The molecule has 0 bridgehead atoms. The van der Waals surface area contributed by atoms with Gasteiger partial charge in [-0.1, -0.05) is 38.1 Å². The summed E-state index contributed by atoms with van der Waals surface area (Å²) in [5.41, 5.74) is 8.78. The van der Waals surface area contributed by atoms with Crippen molar-refractivity contribution < 1.29 is 4.39 Å². The molecule has 3 heteroatoms. The van der Waals surface area contributed by atoms with E-state index in [0.29, 0.717) is 5.92 Å². The molecule has 2 rings (SSSR count). The molecule has 0 aliphatic heterocycles. The van der Waals surface area contributed by atoms with Crippen molar-refractivity contribution in [3.05, 3.63) is 65.5 Å². The highest BCUT2D eigenvalue weighted by molar-refractivity contribution is 7.99. The molecule has 21 heavy (non-hydrogen) atoms. The third kappa shape index (κ3) is 5.18. The predicted molar refractivity (Wildman–Crippen MR) is 89.0 cm³/mol. The Bertz CT molecular complexity index is 566. The fraction of sp³-hybridized carbons (Fsp3) is 0.333. The average molecular weight is 303 g/mol. The van der Waals surface area contributed by atoms with Crippen LogP contribution in [0.15, 0.2) is 53.4 Å². The molecule has 1 atom stereocenters. The number of nitrogens with two attached hydrogens (primary N) is 1. The molecule has 0 aliphatic carbocycles. The first-order valence-electron chi connectivity index (χ1n) is 7.27. The fourth-order valence-corrected chi connectivity index (χ4v) is 3.13. The highest BCUT2D eigenvalue weighted by Crippen LogP contribution is 2.24. The molecule has 1 unspecified atom stereocenters. The molecule has 0 fully saturated rings. The maximum Gasteiger partial charge on any atom is 0.123 e. The van der Waals surface area contributed by atoms with Gasteiger partial charge in [0.15, 0.2) is 0 Å². The number of halogens is 1. The molecule has 0 saturated carbocycles. The Labute approximate surface area is 130 Å². The van der Waals surface area contributed by atoms with E-state index in [1.54, 1.807) is 23.9 Å². The van der Waals surface area contributed by atoms with Crippen LogP contribution in [0.1, 0.15) is 31.0 Å². The number of hydrogen-bond donors (Lipinski definition) is 1. The second-order valence-corrected chi connectivity index (χ2v) is 6.81. The van der Waals surface area contributed by atoms with Gasteiger partial charge in [-0.05, 0) is 47.7 Å². The van der Waals surface area contributed by atoms with Crippen LogP contribution in [0.3, 0.4) is 0 Å². The fourth-order valence-electron chi connectivity index (χ4n) is 2.24. The number of hydrogen-bond acceptors (Lipinski definition) is 2. The minimum Gasteiger partial charge on any atom is -0.323 e. The van der Waals surface area contributed by atoms with Crippen LogP contribution in [0, 0.1) is 11.7 Å². The zero-order valence-corrected chi connectivity index (χ0v) is 13.4. The van der Waals surface area contributed by atoms with Gasteiger partial charge < -0.3 is 5.73 Å². The number of rotatable bonds is 6. The topological polar surface area (TPSA) is 26.0 Å². The summed E-state index contributed by atoms with van der Waals surface area (Å²) in [6.07, 6.45) is 1.08. The third-order valence-corrected chi connectivity index (χ3v) is 4.40. The maximum atomic E-state index is 12.9. The summed E-state index contributed by atoms with van der Waals surface area (Å²) in [5, 5.41) is 0. The molecule has 0 aliphatic rings. The van der Waals surface area contributed by atoms with E-state index in [0.717, 1.165) is 17.1 Å². The van der Waals surface area contributed by atoms with Crippen LogP contribution >= 0.6 is 11.8 Å². The Morgan fingerprint density at radius 2 is 1.81 bits per heavy atom. The molecule has 2 aromatic carbocycles. The second kappa shape index (κ2) is 7.62. The SMILES string of the molecule is CC(C)Cc1cccc(C(N)CSc2ccc(F)cc2)c1. The Morgan fingerprint density at radius 3 is 2.48 bits per heavy atom. The Kier molecular flexibility index (Phi) is 5.83. The van der Waals surface area contributed by atoms with Crippen molar-refractivity contribution in [3.63, 3.8) is 0 Å². The third-order valence-electron chi connectivity index (χ3n) is 3.27. The lowest BCUT2D eigenvalue weighted by Crippen LogP contribution is -2.13. The van der Waals surface area contributed by atoms with Crippen LogP contribution in [0.2, 0.25) is 0 Å². The van der Waals surface area contributed by atoms with Gasteiger partial charge in [-0.25, -0.2) is 4.39 Å². The van der Waals surface area contributed by atoms with Crippen LogP contribution in [-0.2, 0) is 6.42 Å². The quantitative estimate of drug-likeness (QED) is 0.775. The highest BCUT2D eigenvalue weighted by atomic mass is 32.2. The van der Waals surface area contributed by atoms with Crippen LogP contribution in [0.5, 0.6) is 0 Å². The summed E-state index contributed by atoms with van der Waals surface area (Å²) < 4.78 is 12.9. The van der Waals surface area contributed by atoms with Gasteiger partial charge in [0.05, 0.1) is 0 Å². The molecule has 1 nitrogen and oxygen atoms in total. The van der Waals surface area contributed by atoms with Gasteiger partial charge in [-0.3, -0.25) is 0 Å². The standard InChI is InChI=1S/C18H22FNS/c1-13(2)10-14-4-3-5-15(11-14)18(20)12-21-17-8-6-16(19)7-9-17/h3-9,11,13,18H,10,12,20H2,1-2H3. The average Bonchev–Trinajstić information content (AvgIpc) is 2.46. The van der Waals surface area contributed by atoms with Gasteiger partial charge in [0.2, 0.25) is 0 Å². The van der Waals surface area contributed by atoms with Crippen LogP contribution in [-0.4, -0.2) is 5.75 Å². The smallest absolute Gasteiger partial charge is 0.123 e. The molecule has 112 valence electrons. The minimum absolute atomic E-state index is 0.00725. The molecule has 0 radical (unpaired) electrons. The summed E-state index contributed by atoms with van der Waals surface area (Å²) in [7, 11) is 0. The van der Waals surface area contributed by atoms with E-state index in [9.17, 15) is 4.39 Å². The Morgan fingerprint density at radius 1 is 1.10 bits per heavy atom. The molecule has 0 heterocycles. The van der Waals surface area contributed by atoms with Crippen molar-refractivity contribution in [2.45, 2.75) is 31.2 Å². The lowest BCUT2D eigenvalue weighted by Gasteiger charge is -2.14. The number of benzene rings is 2.